The smallest absolute Gasteiger partial charge is 0.175 e. The lowest BCUT2D eigenvalue weighted by Crippen LogP contribution is -2.15. The highest BCUT2D eigenvalue weighted by atomic mass is 79.9. The van der Waals surface area contributed by atoms with Crippen molar-refractivity contribution in [1.82, 2.24) is 5.32 Å². The maximum atomic E-state index is 5.55. The Hall–Kier alpha value is -1.00. The van der Waals surface area contributed by atoms with Gasteiger partial charge in [-0.1, -0.05) is 12.2 Å². The van der Waals surface area contributed by atoms with E-state index in [2.05, 4.69) is 33.4 Å². The maximum Gasteiger partial charge on any atom is 0.175 e. The number of ether oxygens (including phenoxy) is 2. The van der Waals surface area contributed by atoms with Crippen LogP contribution < -0.4 is 14.8 Å². The first kappa shape index (κ1) is 11.5. The normalized spacial score (nSPS) is 14.4. The highest BCUT2D eigenvalue weighted by Gasteiger charge is 2.15. The number of nitrogens with one attached hydrogen (secondary N) is 1. The van der Waals surface area contributed by atoms with Gasteiger partial charge in [-0.2, -0.15) is 0 Å². The third-order valence-electron chi connectivity index (χ3n) is 2.25. The summed E-state index contributed by atoms with van der Waals surface area (Å²) < 4.78 is 12.0. The molecule has 0 atom stereocenters. The molecule has 0 fully saturated rings. The van der Waals surface area contributed by atoms with Gasteiger partial charge in [0, 0.05) is 6.54 Å². The van der Waals surface area contributed by atoms with E-state index in [4.69, 9.17) is 9.47 Å². The van der Waals surface area contributed by atoms with Gasteiger partial charge in [0.25, 0.3) is 0 Å². The molecule has 4 heteroatoms. The lowest BCUT2D eigenvalue weighted by Gasteiger charge is -2.19. The van der Waals surface area contributed by atoms with E-state index in [0.29, 0.717) is 13.2 Å². The molecule has 16 heavy (non-hydrogen) atoms. The quantitative estimate of drug-likeness (QED) is 0.925. The molecular formula is C12H14BrNO2. The minimum atomic E-state index is 0.612. The van der Waals surface area contributed by atoms with Gasteiger partial charge in [0.2, 0.25) is 0 Å². The van der Waals surface area contributed by atoms with Gasteiger partial charge in [-0.05, 0) is 40.7 Å². The van der Waals surface area contributed by atoms with Crippen molar-refractivity contribution in [1.29, 1.82) is 0 Å². The Morgan fingerprint density at radius 2 is 2.19 bits per heavy atom. The Balaban J connectivity index is 2.25. The van der Waals surface area contributed by atoms with Crippen LogP contribution in [0.4, 0.5) is 0 Å². The van der Waals surface area contributed by atoms with Gasteiger partial charge in [-0.15, -0.1) is 0 Å². The van der Waals surface area contributed by atoms with E-state index in [9.17, 15) is 0 Å². The first-order chi connectivity index (χ1) is 7.81. The molecule has 2 rings (SSSR count). The summed E-state index contributed by atoms with van der Waals surface area (Å²) in [6.45, 7) is 2.08. The molecule has 0 aromatic heterocycles. The lowest BCUT2D eigenvalue weighted by molar-refractivity contribution is 0.170. The molecule has 0 amide bonds. The fraction of sp³-hybridized carbons (Fsp3) is 0.333. The highest BCUT2D eigenvalue weighted by molar-refractivity contribution is 9.10. The van der Waals surface area contributed by atoms with E-state index in [1.54, 1.807) is 0 Å². The molecule has 3 nitrogen and oxygen atoms in total. The number of rotatable bonds is 3. The SMILES string of the molecule is CNCC=Cc1cc(Br)c2c(c1)OCCO2. The molecule has 0 saturated heterocycles. The number of likely N-dealkylation sites (N-methyl/N-ethyl adjacent to an activating group) is 1. The molecule has 1 aliphatic heterocycles. The van der Waals surface area contributed by atoms with Gasteiger partial charge in [0.15, 0.2) is 11.5 Å². The second-order valence-electron chi connectivity index (χ2n) is 3.49. The van der Waals surface area contributed by atoms with Crippen LogP contribution in [0.5, 0.6) is 11.5 Å². The Bertz CT molecular complexity index is 404. The topological polar surface area (TPSA) is 30.5 Å². The van der Waals surface area contributed by atoms with Crippen molar-refractivity contribution >= 4 is 22.0 Å². The molecule has 0 unspecified atom stereocenters. The van der Waals surface area contributed by atoms with Gasteiger partial charge >= 0.3 is 0 Å². The van der Waals surface area contributed by atoms with Crippen molar-refractivity contribution < 1.29 is 9.47 Å². The molecule has 86 valence electrons. The minimum Gasteiger partial charge on any atom is -0.486 e. The third kappa shape index (κ3) is 2.57. The average molecular weight is 284 g/mol. The predicted octanol–water partition coefficient (Wildman–Crippen LogP) is 2.45. The Morgan fingerprint density at radius 1 is 1.38 bits per heavy atom. The predicted molar refractivity (Wildman–Crippen MR) is 68.1 cm³/mol. The number of hydrogen-bond donors (Lipinski definition) is 1. The zero-order valence-electron chi connectivity index (χ0n) is 9.13. The van der Waals surface area contributed by atoms with Crippen LogP contribution in [0, 0.1) is 0 Å². The van der Waals surface area contributed by atoms with E-state index in [-0.39, 0.29) is 0 Å². The summed E-state index contributed by atoms with van der Waals surface area (Å²) in [6.07, 6.45) is 4.12. The van der Waals surface area contributed by atoms with Crippen LogP contribution in [0.3, 0.4) is 0 Å². The molecule has 0 saturated carbocycles. The van der Waals surface area contributed by atoms with Crippen LogP contribution in [-0.2, 0) is 0 Å². The van der Waals surface area contributed by atoms with Gasteiger partial charge < -0.3 is 14.8 Å². The summed E-state index contributed by atoms with van der Waals surface area (Å²) in [6, 6.07) is 4.02. The lowest BCUT2D eigenvalue weighted by atomic mass is 10.2. The van der Waals surface area contributed by atoms with E-state index < -0.39 is 0 Å². The van der Waals surface area contributed by atoms with Crippen LogP contribution in [0.15, 0.2) is 22.7 Å². The van der Waals surface area contributed by atoms with Gasteiger partial charge in [-0.3, -0.25) is 0 Å². The second kappa shape index (κ2) is 5.37. The molecule has 0 radical (unpaired) electrons. The van der Waals surface area contributed by atoms with Crippen molar-refractivity contribution in [2.24, 2.45) is 0 Å². The standard InChI is InChI=1S/C12H14BrNO2/c1-14-4-2-3-9-7-10(13)12-11(8-9)15-5-6-16-12/h2-3,7-8,14H,4-6H2,1H3. The number of hydrogen-bond acceptors (Lipinski definition) is 3. The van der Waals surface area contributed by atoms with Crippen molar-refractivity contribution in [3.8, 4) is 11.5 Å². The van der Waals surface area contributed by atoms with E-state index in [1.165, 1.54) is 0 Å². The zero-order valence-corrected chi connectivity index (χ0v) is 10.7. The Kier molecular flexibility index (Phi) is 3.85. The van der Waals surface area contributed by atoms with Crippen molar-refractivity contribution in [2.45, 2.75) is 0 Å². The second-order valence-corrected chi connectivity index (χ2v) is 4.34. The van der Waals surface area contributed by atoms with Crippen LogP contribution in [-0.4, -0.2) is 26.8 Å². The third-order valence-corrected chi connectivity index (χ3v) is 2.84. The summed E-state index contributed by atoms with van der Waals surface area (Å²) in [5.74, 6) is 1.61. The van der Waals surface area contributed by atoms with E-state index in [1.807, 2.05) is 19.2 Å². The number of halogens is 1. The Morgan fingerprint density at radius 3 is 3.00 bits per heavy atom. The molecule has 0 bridgehead atoms. The van der Waals surface area contributed by atoms with Crippen LogP contribution >= 0.6 is 15.9 Å². The van der Waals surface area contributed by atoms with Crippen molar-refractivity contribution in [3.05, 3.63) is 28.2 Å². The fourth-order valence-corrected chi connectivity index (χ4v) is 2.11. The zero-order chi connectivity index (χ0) is 11.4. The molecule has 0 aliphatic carbocycles. The van der Waals surface area contributed by atoms with Crippen LogP contribution in [0.25, 0.3) is 6.08 Å². The highest BCUT2D eigenvalue weighted by Crippen LogP contribution is 2.38. The monoisotopic (exact) mass is 283 g/mol. The summed E-state index contributed by atoms with van der Waals surface area (Å²) >= 11 is 3.49. The molecule has 1 heterocycles. The van der Waals surface area contributed by atoms with Crippen molar-refractivity contribution in [2.75, 3.05) is 26.8 Å². The largest absolute Gasteiger partial charge is 0.486 e. The Labute approximate surface area is 104 Å². The molecule has 1 aromatic carbocycles. The molecular weight excluding hydrogens is 270 g/mol. The van der Waals surface area contributed by atoms with Crippen LogP contribution in [0.1, 0.15) is 5.56 Å². The van der Waals surface area contributed by atoms with Crippen molar-refractivity contribution in [3.63, 3.8) is 0 Å². The van der Waals surface area contributed by atoms with Gasteiger partial charge in [0.1, 0.15) is 13.2 Å². The first-order valence-corrected chi connectivity index (χ1v) is 6.01. The summed E-state index contributed by atoms with van der Waals surface area (Å²) in [5.41, 5.74) is 1.10. The molecule has 1 aromatic rings. The van der Waals surface area contributed by atoms with E-state index in [0.717, 1.165) is 28.1 Å². The van der Waals surface area contributed by atoms with Gasteiger partial charge in [-0.25, -0.2) is 0 Å². The summed E-state index contributed by atoms with van der Waals surface area (Å²) in [4.78, 5) is 0. The number of benzene rings is 1. The van der Waals surface area contributed by atoms with E-state index >= 15 is 0 Å². The average Bonchev–Trinajstić information content (AvgIpc) is 2.30. The molecule has 0 spiro atoms. The fourth-order valence-electron chi connectivity index (χ4n) is 1.54. The summed E-state index contributed by atoms with van der Waals surface area (Å²) in [5, 5.41) is 3.06. The first-order valence-electron chi connectivity index (χ1n) is 5.21. The molecule has 1 aliphatic rings. The van der Waals surface area contributed by atoms with Gasteiger partial charge in [0.05, 0.1) is 4.47 Å². The summed E-state index contributed by atoms with van der Waals surface area (Å²) in [7, 11) is 1.92. The number of fused-ring (bicyclic) bond motifs is 1. The minimum absolute atomic E-state index is 0.612. The molecule has 1 N–H and O–H groups in total. The van der Waals surface area contributed by atoms with Crippen LogP contribution in [0.2, 0.25) is 0 Å². The maximum absolute atomic E-state index is 5.55.